The molecular weight excluding hydrogens is 378 g/mol. The molecular formula is C23H27N5O2. The van der Waals surface area contributed by atoms with Crippen LogP contribution in [0.4, 0.5) is 0 Å². The molecule has 0 unspecified atom stereocenters. The van der Waals surface area contributed by atoms with Crippen molar-refractivity contribution in [2.45, 2.75) is 39.7 Å². The lowest BCUT2D eigenvalue weighted by Crippen LogP contribution is -2.41. The SMILES string of the molecule is Cc1ccc(-c2cc(C(=O)N3CCC(C(N)=O)CC3)c3cnn(C(C)C)c3n2)cc1. The number of likely N-dealkylation sites (tertiary alicyclic amines) is 1. The van der Waals surface area contributed by atoms with Gasteiger partial charge in [0.05, 0.1) is 22.8 Å². The highest BCUT2D eigenvalue weighted by Gasteiger charge is 2.28. The van der Waals surface area contributed by atoms with Crippen molar-refractivity contribution in [1.82, 2.24) is 19.7 Å². The maximum Gasteiger partial charge on any atom is 0.254 e. The molecule has 7 nitrogen and oxygen atoms in total. The molecule has 0 spiro atoms. The second-order valence-electron chi connectivity index (χ2n) is 8.31. The molecule has 1 aliphatic heterocycles. The number of hydrogen-bond acceptors (Lipinski definition) is 4. The Bertz CT molecular complexity index is 1090. The van der Waals surface area contributed by atoms with E-state index in [1.165, 1.54) is 5.56 Å². The summed E-state index contributed by atoms with van der Waals surface area (Å²) in [5, 5.41) is 5.24. The van der Waals surface area contributed by atoms with Crippen LogP contribution in [0, 0.1) is 12.8 Å². The van der Waals surface area contributed by atoms with Gasteiger partial charge in [-0.2, -0.15) is 5.10 Å². The van der Waals surface area contributed by atoms with Crippen LogP contribution in [0.25, 0.3) is 22.3 Å². The normalized spacial score (nSPS) is 15.1. The van der Waals surface area contributed by atoms with Crippen LogP contribution in [0.5, 0.6) is 0 Å². The number of aryl methyl sites for hydroxylation is 1. The van der Waals surface area contributed by atoms with Crippen LogP contribution in [0.3, 0.4) is 0 Å². The Morgan fingerprint density at radius 1 is 1.13 bits per heavy atom. The highest BCUT2D eigenvalue weighted by Crippen LogP contribution is 2.28. The van der Waals surface area contributed by atoms with Crippen LogP contribution in [0.2, 0.25) is 0 Å². The Hall–Kier alpha value is -3.22. The Morgan fingerprint density at radius 3 is 2.40 bits per heavy atom. The first-order chi connectivity index (χ1) is 14.3. The fourth-order valence-electron chi connectivity index (χ4n) is 3.98. The van der Waals surface area contributed by atoms with Crippen LogP contribution < -0.4 is 5.73 Å². The van der Waals surface area contributed by atoms with E-state index in [9.17, 15) is 9.59 Å². The fourth-order valence-corrected chi connectivity index (χ4v) is 3.98. The van der Waals surface area contributed by atoms with Gasteiger partial charge < -0.3 is 10.6 Å². The van der Waals surface area contributed by atoms with Gasteiger partial charge in [0.15, 0.2) is 5.65 Å². The van der Waals surface area contributed by atoms with Crippen molar-refractivity contribution >= 4 is 22.8 Å². The number of aromatic nitrogens is 3. The number of hydrogen-bond donors (Lipinski definition) is 1. The number of carbonyl (C=O) groups is 2. The second kappa shape index (κ2) is 7.89. The van der Waals surface area contributed by atoms with Gasteiger partial charge >= 0.3 is 0 Å². The fraction of sp³-hybridized carbons (Fsp3) is 0.391. The maximum atomic E-state index is 13.5. The lowest BCUT2D eigenvalue weighted by Gasteiger charge is -2.30. The quantitative estimate of drug-likeness (QED) is 0.720. The van der Waals surface area contributed by atoms with Crippen molar-refractivity contribution in [3.63, 3.8) is 0 Å². The number of nitrogens with zero attached hydrogens (tertiary/aromatic N) is 4. The van der Waals surface area contributed by atoms with Gasteiger partial charge in [0.1, 0.15) is 0 Å². The minimum atomic E-state index is -0.284. The van der Waals surface area contributed by atoms with Crippen LogP contribution in [-0.4, -0.2) is 44.6 Å². The smallest absolute Gasteiger partial charge is 0.254 e. The lowest BCUT2D eigenvalue weighted by atomic mass is 9.95. The zero-order valence-corrected chi connectivity index (χ0v) is 17.6. The van der Waals surface area contributed by atoms with Crippen LogP contribution in [0.1, 0.15) is 48.7 Å². The molecule has 2 N–H and O–H groups in total. The summed E-state index contributed by atoms with van der Waals surface area (Å²) < 4.78 is 1.85. The molecule has 156 valence electrons. The lowest BCUT2D eigenvalue weighted by molar-refractivity contribution is -0.123. The third kappa shape index (κ3) is 3.67. The molecule has 4 rings (SSSR count). The van der Waals surface area contributed by atoms with Gasteiger partial charge in [-0.05, 0) is 39.7 Å². The zero-order valence-electron chi connectivity index (χ0n) is 17.6. The molecule has 0 radical (unpaired) electrons. The first kappa shape index (κ1) is 20.1. The molecule has 0 atom stereocenters. The molecule has 0 aliphatic carbocycles. The van der Waals surface area contributed by atoms with E-state index in [0.29, 0.717) is 37.1 Å². The van der Waals surface area contributed by atoms with E-state index in [0.717, 1.165) is 16.6 Å². The minimum absolute atomic E-state index is 0.0537. The van der Waals surface area contributed by atoms with Gasteiger partial charge in [-0.25, -0.2) is 9.67 Å². The molecule has 1 aromatic carbocycles. The van der Waals surface area contributed by atoms with Crippen LogP contribution >= 0.6 is 0 Å². The van der Waals surface area contributed by atoms with E-state index in [2.05, 4.69) is 5.10 Å². The number of carbonyl (C=O) groups excluding carboxylic acids is 2. The van der Waals surface area contributed by atoms with E-state index >= 15 is 0 Å². The molecule has 3 heterocycles. The minimum Gasteiger partial charge on any atom is -0.369 e. The van der Waals surface area contributed by atoms with Crippen molar-refractivity contribution in [2.75, 3.05) is 13.1 Å². The molecule has 2 amide bonds. The monoisotopic (exact) mass is 405 g/mol. The molecule has 1 saturated heterocycles. The summed E-state index contributed by atoms with van der Waals surface area (Å²) in [6, 6.07) is 10.1. The van der Waals surface area contributed by atoms with E-state index in [1.807, 2.05) is 55.8 Å². The number of benzene rings is 1. The van der Waals surface area contributed by atoms with E-state index < -0.39 is 0 Å². The third-order valence-electron chi connectivity index (χ3n) is 5.82. The molecule has 1 aliphatic rings. The Kier molecular flexibility index (Phi) is 5.28. The number of fused-ring (bicyclic) bond motifs is 1. The molecule has 1 fully saturated rings. The van der Waals surface area contributed by atoms with Gasteiger partial charge in [-0.15, -0.1) is 0 Å². The molecule has 7 heteroatoms. The number of rotatable bonds is 4. The van der Waals surface area contributed by atoms with Crippen LogP contribution in [-0.2, 0) is 4.79 Å². The van der Waals surface area contributed by atoms with Gasteiger partial charge in [0.2, 0.25) is 5.91 Å². The van der Waals surface area contributed by atoms with Crippen molar-refractivity contribution < 1.29 is 9.59 Å². The van der Waals surface area contributed by atoms with Gasteiger partial charge in [-0.1, -0.05) is 29.8 Å². The summed E-state index contributed by atoms with van der Waals surface area (Å²) >= 11 is 0. The second-order valence-corrected chi connectivity index (χ2v) is 8.31. The summed E-state index contributed by atoms with van der Waals surface area (Å²) in [5.41, 5.74) is 9.62. The van der Waals surface area contributed by atoms with Crippen molar-refractivity contribution in [3.05, 3.63) is 47.7 Å². The first-order valence-corrected chi connectivity index (χ1v) is 10.4. The number of nitrogens with two attached hydrogens (primary N) is 1. The van der Waals surface area contributed by atoms with Crippen molar-refractivity contribution in [3.8, 4) is 11.3 Å². The zero-order chi connectivity index (χ0) is 21.4. The Morgan fingerprint density at radius 2 is 1.80 bits per heavy atom. The largest absolute Gasteiger partial charge is 0.369 e. The third-order valence-corrected chi connectivity index (χ3v) is 5.82. The highest BCUT2D eigenvalue weighted by molar-refractivity contribution is 6.06. The molecule has 30 heavy (non-hydrogen) atoms. The average molecular weight is 406 g/mol. The number of amides is 2. The average Bonchev–Trinajstić information content (AvgIpc) is 3.17. The predicted molar refractivity (Wildman–Crippen MR) is 116 cm³/mol. The highest BCUT2D eigenvalue weighted by atomic mass is 16.2. The summed E-state index contributed by atoms with van der Waals surface area (Å²) in [5.74, 6) is -0.492. The first-order valence-electron chi connectivity index (χ1n) is 10.4. The predicted octanol–water partition coefficient (Wildman–Crippen LogP) is 3.33. The van der Waals surface area contributed by atoms with E-state index in [4.69, 9.17) is 10.7 Å². The van der Waals surface area contributed by atoms with E-state index in [1.54, 1.807) is 11.1 Å². The van der Waals surface area contributed by atoms with Gasteiger partial charge in [0, 0.05) is 30.6 Å². The molecule has 0 bridgehead atoms. The number of piperidine rings is 1. The Labute approximate surface area is 175 Å². The van der Waals surface area contributed by atoms with Crippen LogP contribution in [0.15, 0.2) is 36.5 Å². The van der Waals surface area contributed by atoms with E-state index in [-0.39, 0.29) is 23.8 Å². The molecule has 0 saturated carbocycles. The summed E-state index contributed by atoms with van der Waals surface area (Å²) in [6.07, 6.45) is 2.93. The summed E-state index contributed by atoms with van der Waals surface area (Å²) in [7, 11) is 0. The number of primary amides is 1. The topological polar surface area (TPSA) is 94.1 Å². The number of pyridine rings is 1. The van der Waals surface area contributed by atoms with Crippen molar-refractivity contribution in [2.24, 2.45) is 11.7 Å². The molecule has 2 aromatic heterocycles. The standard InChI is InChI=1S/C23H27N5O2/c1-14(2)28-22-19(13-25-28)18(12-20(26-22)16-6-4-15(3)5-7-16)23(30)27-10-8-17(9-11-27)21(24)29/h4-7,12-14,17H,8-11H2,1-3H3,(H2,24,29). The maximum absolute atomic E-state index is 13.5. The molecule has 3 aromatic rings. The van der Waals surface area contributed by atoms with Gasteiger partial charge in [-0.3, -0.25) is 9.59 Å². The van der Waals surface area contributed by atoms with Crippen molar-refractivity contribution in [1.29, 1.82) is 0 Å². The summed E-state index contributed by atoms with van der Waals surface area (Å²) in [4.78, 5) is 31.6. The Balaban J connectivity index is 1.77. The summed E-state index contributed by atoms with van der Waals surface area (Å²) in [6.45, 7) is 7.17. The van der Waals surface area contributed by atoms with Gasteiger partial charge in [0.25, 0.3) is 5.91 Å².